The van der Waals surface area contributed by atoms with Gasteiger partial charge in [0.2, 0.25) is 0 Å². The van der Waals surface area contributed by atoms with Crippen LogP contribution in [0.25, 0.3) is 0 Å². The predicted octanol–water partition coefficient (Wildman–Crippen LogP) is 0.906. The Bertz CT molecular complexity index is 98.1. The molecule has 0 saturated heterocycles. The van der Waals surface area contributed by atoms with Gasteiger partial charge in [0, 0.05) is 0 Å². The zero-order valence-corrected chi connectivity index (χ0v) is 7.10. The van der Waals surface area contributed by atoms with Crippen LogP contribution < -0.4 is 10.6 Å². The Hall–Kier alpha value is -0.340. The van der Waals surface area contributed by atoms with E-state index in [1.54, 1.807) is 0 Å². The van der Waals surface area contributed by atoms with Crippen LogP contribution in [0.3, 0.4) is 0 Å². The van der Waals surface area contributed by atoms with Crippen molar-refractivity contribution < 1.29 is 0 Å². The van der Waals surface area contributed by atoms with Crippen LogP contribution in [0, 0.1) is 0 Å². The molecular formula is C9H18N2. The normalized spacial score (nSPS) is 22.5. The van der Waals surface area contributed by atoms with Gasteiger partial charge in [0.15, 0.2) is 0 Å². The molecule has 1 aliphatic rings. The van der Waals surface area contributed by atoms with Crippen molar-refractivity contribution in [3.05, 3.63) is 12.2 Å². The third-order valence-electron chi connectivity index (χ3n) is 1.85. The lowest BCUT2D eigenvalue weighted by atomic mass is 10.3. The number of rotatable bonds is 0. The molecule has 0 fully saturated rings. The molecule has 0 bridgehead atoms. The van der Waals surface area contributed by atoms with E-state index in [-0.39, 0.29) is 0 Å². The third kappa shape index (κ3) is 4.99. The molecule has 0 radical (unpaired) electrons. The SMILES string of the molecule is C1=CCCNCCCNCC1. The topological polar surface area (TPSA) is 24.1 Å². The van der Waals surface area contributed by atoms with Crippen LogP contribution in [0.2, 0.25) is 0 Å². The largest absolute Gasteiger partial charge is 0.316 e. The Morgan fingerprint density at radius 3 is 1.82 bits per heavy atom. The zero-order chi connectivity index (χ0) is 7.78. The van der Waals surface area contributed by atoms with E-state index in [1.807, 2.05) is 0 Å². The lowest BCUT2D eigenvalue weighted by Gasteiger charge is -2.02. The number of hydrogen-bond acceptors (Lipinski definition) is 2. The minimum atomic E-state index is 1.14. The van der Waals surface area contributed by atoms with E-state index in [0.29, 0.717) is 0 Å². The van der Waals surface area contributed by atoms with E-state index in [4.69, 9.17) is 0 Å². The molecule has 0 amide bonds. The molecule has 0 aromatic rings. The van der Waals surface area contributed by atoms with Gasteiger partial charge >= 0.3 is 0 Å². The van der Waals surface area contributed by atoms with Crippen molar-refractivity contribution in [1.29, 1.82) is 0 Å². The van der Waals surface area contributed by atoms with Crippen LogP contribution in [-0.4, -0.2) is 26.2 Å². The fourth-order valence-electron chi connectivity index (χ4n) is 1.19. The number of hydrogen-bond donors (Lipinski definition) is 2. The summed E-state index contributed by atoms with van der Waals surface area (Å²) in [5.41, 5.74) is 0. The van der Waals surface area contributed by atoms with Crippen LogP contribution in [0.5, 0.6) is 0 Å². The minimum absolute atomic E-state index is 1.14. The van der Waals surface area contributed by atoms with Crippen molar-refractivity contribution >= 4 is 0 Å². The third-order valence-corrected chi connectivity index (χ3v) is 1.85. The second-order valence-corrected chi connectivity index (χ2v) is 2.90. The first-order valence-electron chi connectivity index (χ1n) is 4.56. The van der Waals surface area contributed by atoms with Gasteiger partial charge in [-0.25, -0.2) is 0 Å². The lowest BCUT2D eigenvalue weighted by Crippen LogP contribution is -2.22. The highest BCUT2D eigenvalue weighted by atomic mass is 14.9. The van der Waals surface area contributed by atoms with Gasteiger partial charge in [-0.2, -0.15) is 0 Å². The maximum absolute atomic E-state index is 3.39. The quantitative estimate of drug-likeness (QED) is 0.507. The summed E-state index contributed by atoms with van der Waals surface area (Å²) >= 11 is 0. The van der Waals surface area contributed by atoms with Crippen molar-refractivity contribution in [2.75, 3.05) is 26.2 Å². The predicted molar refractivity (Wildman–Crippen MR) is 48.7 cm³/mol. The average Bonchev–Trinajstić information content (AvgIpc) is 2.08. The standard InChI is InChI=1S/C9H18N2/c1-2-4-7-11-9-5-8-10-6-3-1/h1-2,10-11H,3-9H2. The molecule has 0 atom stereocenters. The van der Waals surface area contributed by atoms with E-state index < -0.39 is 0 Å². The van der Waals surface area contributed by atoms with Crippen molar-refractivity contribution in [2.45, 2.75) is 19.3 Å². The lowest BCUT2D eigenvalue weighted by molar-refractivity contribution is 0.606. The first kappa shape index (κ1) is 8.75. The Balaban J connectivity index is 2.11. The van der Waals surface area contributed by atoms with Crippen LogP contribution in [0.4, 0.5) is 0 Å². The zero-order valence-electron chi connectivity index (χ0n) is 7.10. The van der Waals surface area contributed by atoms with E-state index in [1.165, 1.54) is 19.3 Å². The highest BCUT2D eigenvalue weighted by molar-refractivity contribution is 4.83. The van der Waals surface area contributed by atoms with Crippen LogP contribution >= 0.6 is 0 Å². The van der Waals surface area contributed by atoms with Crippen molar-refractivity contribution in [2.24, 2.45) is 0 Å². The van der Waals surface area contributed by atoms with Gasteiger partial charge in [-0.1, -0.05) is 12.2 Å². The molecule has 11 heavy (non-hydrogen) atoms. The van der Waals surface area contributed by atoms with E-state index in [2.05, 4.69) is 22.8 Å². The summed E-state index contributed by atoms with van der Waals surface area (Å²) in [6, 6.07) is 0. The maximum Gasteiger partial charge on any atom is -0.00143 e. The van der Waals surface area contributed by atoms with Gasteiger partial charge in [0.1, 0.15) is 0 Å². The molecule has 1 aliphatic heterocycles. The molecule has 2 N–H and O–H groups in total. The van der Waals surface area contributed by atoms with E-state index in [9.17, 15) is 0 Å². The van der Waals surface area contributed by atoms with Crippen LogP contribution in [-0.2, 0) is 0 Å². The van der Waals surface area contributed by atoms with Crippen LogP contribution in [0.15, 0.2) is 12.2 Å². The summed E-state index contributed by atoms with van der Waals surface area (Å²) in [6.45, 7) is 4.58. The average molecular weight is 154 g/mol. The van der Waals surface area contributed by atoms with Gasteiger partial charge < -0.3 is 10.6 Å². The summed E-state index contributed by atoms with van der Waals surface area (Å²) in [5.74, 6) is 0. The monoisotopic (exact) mass is 154 g/mol. The summed E-state index contributed by atoms with van der Waals surface area (Å²) in [4.78, 5) is 0. The molecule has 2 heteroatoms. The fourth-order valence-corrected chi connectivity index (χ4v) is 1.19. The Morgan fingerprint density at radius 1 is 0.727 bits per heavy atom. The fraction of sp³-hybridized carbons (Fsp3) is 0.778. The highest BCUT2D eigenvalue weighted by Gasteiger charge is 1.89. The molecule has 0 aromatic heterocycles. The molecule has 0 aliphatic carbocycles. The Kier molecular flexibility index (Phi) is 5.07. The molecule has 64 valence electrons. The van der Waals surface area contributed by atoms with Crippen molar-refractivity contribution in [3.63, 3.8) is 0 Å². The molecule has 1 heterocycles. The highest BCUT2D eigenvalue weighted by Crippen LogP contribution is 1.87. The summed E-state index contributed by atoms with van der Waals surface area (Å²) in [6.07, 6.45) is 8.14. The van der Waals surface area contributed by atoms with Gasteiger partial charge in [-0.05, 0) is 45.4 Å². The molecule has 0 unspecified atom stereocenters. The first-order valence-corrected chi connectivity index (χ1v) is 4.56. The molecule has 2 nitrogen and oxygen atoms in total. The summed E-state index contributed by atoms with van der Waals surface area (Å²) in [5, 5.41) is 6.78. The Labute approximate surface area is 69.1 Å². The molecule has 1 rings (SSSR count). The second kappa shape index (κ2) is 6.38. The summed E-state index contributed by atoms with van der Waals surface area (Å²) in [7, 11) is 0. The molecular weight excluding hydrogens is 136 g/mol. The second-order valence-electron chi connectivity index (χ2n) is 2.90. The van der Waals surface area contributed by atoms with Crippen LogP contribution in [0.1, 0.15) is 19.3 Å². The van der Waals surface area contributed by atoms with Gasteiger partial charge in [0.05, 0.1) is 0 Å². The van der Waals surface area contributed by atoms with Crippen molar-refractivity contribution in [3.8, 4) is 0 Å². The first-order chi connectivity index (χ1) is 5.50. The molecule has 0 spiro atoms. The number of nitrogens with one attached hydrogen (secondary N) is 2. The molecule has 0 saturated carbocycles. The van der Waals surface area contributed by atoms with E-state index >= 15 is 0 Å². The minimum Gasteiger partial charge on any atom is -0.316 e. The molecule has 0 aromatic carbocycles. The smallest absolute Gasteiger partial charge is 0.00143 e. The summed E-state index contributed by atoms with van der Waals surface area (Å²) < 4.78 is 0. The van der Waals surface area contributed by atoms with E-state index in [0.717, 1.165) is 26.2 Å². The van der Waals surface area contributed by atoms with Crippen molar-refractivity contribution in [1.82, 2.24) is 10.6 Å². The maximum atomic E-state index is 3.39. The Morgan fingerprint density at radius 2 is 1.27 bits per heavy atom. The van der Waals surface area contributed by atoms with Gasteiger partial charge in [0.25, 0.3) is 0 Å². The van der Waals surface area contributed by atoms with Gasteiger partial charge in [-0.3, -0.25) is 0 Å². The van der Waals surface area contributed by atoms with Gasteiger partial charge in [-0.15, -0.1) is 0 Å².